The molecule has 1 atom stereocenters. The number of aryl methyl sites for hydroxylation is 1. The molecule has 0 radical (unpaired) electrons. The van der Waals surface area contributed by atoms with Crippen LogP contribution in [0, 0.1) is 12.7 Å². The largest absolute Gasteiger partial charge is 0.332 e. The molecule has 2 fully saturated rings. The van der Waals surface area contributed by atoms with Crippen molar-refractivity contribution in [2.24, 2.45) is 0 Å². The van der Waals surface area contributed by atoms with Crippen molar-refractivity contribution >= 4 is 29.2 Å². The summed E-state index contributed by atoms with van der Waals surface area (Å²) in [5, 5.41) is 2.69. The molecule has 0 aromatic heterocycles. The van der Waals surface area contributed by atoms with Crippen LogP contribution in [0.5, 0.6) is 0 Å². The normalized spacial score (nSPS) is 19.6. The third-order valence-electron chi connectivity index (χ3n) is 5.77. The van der Waals surface area contributed by atoms with E-state index in [0.717, 1.165) is 31.2 Å². The molecular formula is C23H24FN3O3. The van der Waals surface area contributed by atoms with Crippen LogP contribution in [0.1, 0.15) is 37.7 Å². The van der Waals surface area contributed by atoms with Gasteiger partial charge in [-0.2, -0.15) is 0 Å². The van der Waals surface area contributed by atoms with Gasteiger partial charge < -0.3 is 10.2 Å². The number of carbonyl (C=O) groups excluding carboxylic acids is 3. The molecule has 6 nitrogen and oxygen atoms in total. The average Bonchev–Trinajstić information content (AvgIpc) is 3.32. The molecule has 2 aromatic carbocycles. The first-order valence-corrected chi connectivity index (χ1v) is 10.2. The van der Waals surface area contributed by atoms with E-state index in [1.165, 1.54) is 29.2 Å². The Morgan fingerprint density at radius 3 is 2.30 bits per heavy atom. The Morgan fingerprint density at radius 1 is 1.03 bits per heavy atom. The molecule has 1 heterocycles. The SMILES string of the molecule is Cc1ccc(N2C(=O)C(CC(=O)Nc3ccc(F)cc3)N(C3CCCC3)C2=O)cc1. The summed E-state index contributed by atoms with van der Waals surface area (Å²) in [6, 6.07) is 11.4. The quantitative estimate of drug-likeness (QED) is 0.751. The molecule has 1 aliphatic heterocycles. The Balaban J connectivity index is 1.57. The van der Waals surface area contributed by atoms with E-state index in [-0.39, 0.29) is 30.3 Å². The highest BCUT2D eigenvalue weighted by molar-refractivity contribution is 6.22. The Morgan fingerprint density at radius 2 is 1.67 bits per heavy atom. The van der Waals surface area contributed by atoms with Crippen molar-refractivity contribution in [3.63, 3.8) is 0 Å². The van der Waals surface area contributed by atoms with Crippen LogP contribution in [-0.2, 0) is 9.59 Å². The molecule has 4 rings (SSSR count). The first-order chi connectivity index (χ1) is 14.4. The molecular weight excluding hydrogens is 385 g/mol. The second kappa shape index (κ2) is 8.26. The Hall–Kier alpha value is -3.22. The zero-order valence-electron chi connectivity index (χ0n) is 16.8. The van der Waals surface area contributed by atoms with Crippen molar-refractivity contribution in [2.45, 2.75) is 51.1 Å². The van der Waals surface area contributed by atoms with Crippen LogP contribution in [0.15, 0.2) is 48.5 Å². The number of halogens is 1. The van der Waals surface area contributed by atoms with Gasteiger partial charge in [0.25, 0.3) is 5.91 Å². The third kappa shape index (κ3) is 3.92. The second-order valence-corrected chi connectivity index (χ2v) is 7.91. The van der Waals surface area contributed by atoms with E-state index in [2.05, 4.69) is 5.32 Å². The van der Waals surface area contributed by atoms with Crippen molar-refractivity contribution in [1.82, 2.24) is 4.90 Å². The van der Waals surface area contributed by atoms with Gasteiger partial charge in [0.05, 0.1) is 12.1 Å². The van der Waals surface area contributed by atoms with E-state index >= 15 is 0 Å². The summed E-state index contributed by atoms with van der Waals surface area (Å²) < 4.78 is 13.1. The van der Waals surface area contributed by atoms with E-state index in [9.17, 15) is 18.8 Å². The predicted molar refractivity (Wildman–Crippen MR) is 112 cm³/mol. The number of urea groups is 1. The zero-order valence-corrected chi connectivity index (χ0v) is 16.8. The smallest absolute Gasteiger partial charge is 0.326 e. The molecule has 0 spiro atoms. The minimum Gasteiger partial charge on any atom is -0.326 e. The van der Waals surface area contributed by atoms with E-state index in [0.29, 0.717) is 11.4 Å². The van der Waals surface area contributed by atoms with Crippen molar-refractivity contribution in [1.29, 1.82) is 0 Å². The van der Waals surface area contributed by atoms with Gasteiger partial charge in [0.15, 0.2) is 0 Å². The molecule has 156 valence electrons. The molecule has 1 unspecified atom stereocenters. The van der Waals surface area contributed by atoms with E-state index in [1.807, 2.05) is 19.1 Å². The molecule has 7 heteroatoms. The van der Waals surface area contributed by atoms with Crippen LogP contribution in [0.25, 0.3) is 0 Å². The van der Waals surface area contributed by atoms with Crippen LogP contribution in [-0.4, -0.2) is 34.8 Å². The lowest BCUT2D eigenvalue weighted by molar-refractivity contribution is -0.124. The molecule has 0 bridgehead atoms. The summed E-state index contributed by atoms with van der Waals surface area (Å²) in [5.74, 6) is -1.17. The fourth-order valence-corrected chi connectivity index (χ4v) is 4.24. The molecule has 1 saturated carbocycles. The van der Waals surface area contributed by atoms with E-state index in [1.54, 1.807) is 17.0 Å². The van der Waals surface area contributed by atoms with Crippen molar-refractivity contribution in [2.75, 3.05) is 10.2 Å². The maximum atomic E-state index is 13.2. The minimum absolute atomic E-state index is 0.0412. The fourth-order valence-electron chi connectivity index (χ4n) is 4.24. The lowest BCUT2D eigenvalue weighted by Crippen LogP contribution is -2.43. The summed E-state index contributed by atoms with van der Waals surface area (Å²) in [4.78, 5) is 41.9. The molecule has 4 amide bonds. The van der Waals surface area contributed by atoms with Gasteiger partial charge in [0, 0.05) is 11.7 Å². The van der Waals surface area contributed by atoms with Crippen molar-refractivity contribution in [3.05, 3.63) is 59.9 Å². The summed E-state index contributed by atoms with van der Waals surface area (Å²) in [5.41, 5.74) is 1.99. The lowest BCUT2D eigenvalue weighted by Gasteiger charge is -2.27. The Bertz CT molecular complexity index is 953. The van der Waals surface area contributed by atoms with Gasteiger partial charge in [-0.3, -0.25) is 9.59 Å². The van der Waals surface area contributed by atoms with Gasteiger partial charge in [-0.15, -0.1) is 0 Å². The highest BCUT2D eigenvalue weighted by Gasteiger charge is 2.49. The predicted octanol–water partition coefficient (Wildman–Crippen LogP) is 4.24. The standard InChI is InChI=1S/C23H24FN3O3/c1-15-6-12-19(13-7-15)27-22(29)20(26(23(27)30)18-4-2-3-5-18)14-21(28)25-17-10-8-16(24)9-11-17/h6-13,18,20H,2-5,14H2,1H3,(H,25,28). The number of benzene rings is 2. The number of amides is 4. The van der Waals surface area contributed by atoms with Crippen molar-refractivity contribution < 1.29 is 18.8 Å². The molecule has 2 aromatic rings. The van der Waals surface area contributed by atoms with Gasteiger partial charge in [-0.25, -0.2) is 14.1 Å². The molecule has 30 heavy (non-hydrogen) atoms. The second-order valence-electron chi connectivity index (χ2n) is 7.91. The number of hydrogen-bond acceptors (Lipinski definition) is 3. The van der Waals surface area contributed by atoms with Crippen LogP contribution in [0.3, 0.4) is 0 Å². The Kier molecular flexibility index (Phi) is 5.53. The van der Waals surface area contributed by atoms with E-state index < -0.39 is 11.9 Å². The zero-order chi connectivity index (χ0) is 21.3. The summed E-state index contributed by atoms with van der Waals surface area (Å²) in [7, 11) is 0. The van der Waals surface area contributed by atoms with Crippen LogP contribution in [0.4, 0.5) is 20.6 Å². The number of carbonyl (C=O) groups is 3. The molecule has 1 N–H and O–H groups in total. The first kappa shape index (κ1) is 20.1. The van der Waals surface area contributed by atoms with Crippen molar-refractivity contribution in [3.8, 4) is 0 Å². The number of nitrogens with zero attached hydrogens (tertiary/aromatic N) is 2. The van der Waals surface area contributed by atoms with Gasteiger partial charge in [0.1, 0.15) is 11.9 Å². The van der Waals surface area contributed by atoms with Gasteiger partial charge in [-0.05, 0) is 56.2 Å². The topological polar surface area (TPSA) is 69.7 Å². The third-order valence-corrected chi connectivity index (χ3v) is 5.77. The number of rotatable bonds is 5. The number of nitrogens with one attached hydrogen (secondary N) is 1. The monoisotopic (exact) mass is 409 g/mol. The maximum Gasteiger partial charge on any atom is 0.332 e. The average molecular weight is 409 g/mol. The maximum absolute atomic E-state index is 13.2. The molecule has 2 aliphatic rings. The van der Waals surface area contributed by atoms with Gasteiger partial charge in [-0.1, -0.05) is 30.5 Å². The summed E-state index contributed by atoms with van der Waals surface area (Å²) >= 11 is 0. The summed E-state index contributed by atoms with van der Waals surface area (Å²) in [6.45, 7) is 1.94. The number of anilines is 2. The van der Waals surface area contributed by atoms with Crippen LogP contribution < -0.4 is 10.2 Å². The minimum atomic E-state index is -0.845. The molecule has 1 aliphatic carbocycles. The first-order valence-electron chi connectivity index (χ1n) is 10.2. The number of hydrogen-bond donors (Lipinski definition) is 1. The highest BCUT2D eigenvalue weighted by atomic mass is 19.1. The van der Waals surface area contributed by atoms with Crippen LogP contribution >= 0.6 is 0 Å². The summed E-state index contributed by atoms with van der Waals surface area (Å²) in [6.07, 6.45) is 3.53. The highest BCUT2D eigenvalue weighted by Crippen LogP contribution is 2.34. The number of imide groups is 1. The Labute approximate surface area is 174 Å². The van der Waals surface area contributed by atoms with E-state index in [4.69, 9.17) is 0 Å². The van der Waals surface area contributed by atoms with Crippen LogP contribution in [0.2, 0.25) is 0 Å². The molecule has 1 saturated heterocycles. The van der Waals surface area contributed by atoms with Gasteiger partial charge >= 0.3 is 6.03 Å². The fraction of sp³-hybridized carbons (Fsp3) is 0.348. The lowest BCUT2D eigenvalue weighted by atomic mass is 10.1. The van der Waals surface area contributed by atoms with Gasteiger partial charge in [0.2, 0.25) is 5.91 Å².